The number of amides is 1. The largest absolute Gasteiger partial charge is 0.433 e. The molecule has 5 heterocycles. The van der Waals surface area contributed by atoms with Crippen molar-refractivity contribution >= 4 is 22.9 Å². The molecule has 1 aliphatic rings. The van der Waals surface area contributed by atoms with Crippen molar-refractivity contribution in [2.24, 2.45) is 0 Å². The van der Waals surface area contributed by atoms with Crippen molar-refractivity contribution < 1.29 is 18.0 Å². The zero-order chi connectivity index (χ0) is 22.5. The molecule has 0 bridgehead atoms. The number of carbonyl (C=O) groups is 1. The molecule has 5 rings (SSSR count). The summed E-state index contributed by atoms with van der Waals surface area (Å²) in [6.45, 7) is 3.14. The molecule has 32 heavy (non-hydrogen) atoms. The van der Waals surface area contributed by atoms with Gasteiger partial charge in [-0.05, 0) is 43.3 Å². The zero-order valence-electron chi connectivity index (χ0n) is 17.1. The Labute approximate surface area is 185 Å². The van der Waals surface area contributed by atoms with Crippen LogP contribution in [0.4, 0.5) is 13.2 Å². The van der Waals surface area contributed by atoms with Crippen molar-refractivity contribution in [1.82, 2.24) is 29.3 Å². The lowest BCUT2D eigenvalue weighted by molar-refractivity contribution is -0.142. The van der Waals surface area contributed by atoms with Crippen LogP contribution in [0.15, 0.2) is 41.9 Å². The highest BCUT2D eigenvalue weighted by Gasteiger charge is 2.37. The van der Waals surface area contributed by atoms with Gasteiger partial charge in [0.05, 0.1) is 22.3 Å². The number of fused-ring (bicyclic) bond motifs is 1. The third-order valence-corrected chi connectivity index (χ3v) is 6.51. The van der Waals surface area contributed by atoms with Gasteiger partial charge in [0.25, 0.3) is 5.91 Å². The first-order valence-corrected chi connectivity index (χ1v) is 11.1. The van der Waals surface area contributed by atoms with Crippen LogP contribution in [0.25, 0.3) is 16.2 Å². The molecular weight excluding hydrogens is 441 g/mol. The number of aryl methyl sites for hydroxylation is 1. The zero-order valence-corrected chi connectivity index (χ0v) is 17.9. The number of alkyl halides is 3. The van der Waals surface area contributed by atoms with Crippen LogP contribution >= 0.6 is 11.3 Å². The van der Waals surface area contributed by atoms with Gasteiger partial charge in [-0.25, -0.2) is 9.50 Å². The minimum atomic E-state index is -4.65. The molecular formula is C21H19F3N6OS. The monoisotopic (exact) mass is 460 g/mol. The number of carbonyl (C=O) groups excluding carboxylic acids is 1. The van der Waals surface area contributed by atoms with E-state index in [4.69, 9.17) is 0 Å². The van der Waals surface area contributed by atoms with E-state index in [9.17, 15) is 18.0 Å². The average molecular weight is 460 g/mol. The topological polar surface area (TPSA) is 68.3 Å². The smallest absolute Gasteiger partial charge is 0.329 e. The number of aromatic nitrogens is 5. The van der Waals surface area contributed by atoms with E-state index in [1.165, 1.54) is 17.4 Å². The summed E-state index contributed by atoms with van der Waals surface area (Å²) in [4.78, 5) is 19.9. The van der Waals surface area contributed by atoms with Crippen molar-refractivity contribution in [2.45, 2.75) is 38.5 Å². The number of hydrogen-bond acceptors (Lipinski definition) is 5. The highest BCUT2D eigenvalue weighted by molar-refractivity contribution is 7.13. The summed E-state index contributed by atoms with van der Waals surface area (Å²) in [6.07, 6.45) is -1.40. The number of rotatable bonds is 4. The Morgan fingerprint density at radius 3 is 2.84 bits per heavy atom. The minimum Gasteiger partial charge on any atom is -0.329 e. The van der Waals surface area contributed by atoms with Gasteiger partial charge in [-0.15, -0.1) is 11.3 Å². The highest BCUT2D eigenvalue weighted by atomic mass is 32.1. The van der Waals surface area contributed by atoms with Gasteiger partial charge < -0.3 is 4.90 Å². The summed E-state index contributed by atoms with van der Waals surface area (Å²) in [5.41, 5.74) is 0.0783. The molecule has 1 aliphatic heterocycles. The third kappa shape index (κ3) is 3.46. The predicted octanol–water partition coefficient (Wildman–Crippen LogP) is 4.67. The van der Waals surface area contributed by atoms with E-state index in [1.54, 1.807) is 28.6 Å². The maximum Gasteiger partial charge on any atom is 0.433 e. The Morgan fingerprint density at radius 1 is 1.28 bits per heavy atom. The summed E-state index contributed by atoms with van der Waals surface area (Å²) in [7, 11) is 0. The van der Waals surface area contributed by atoms with Crippen molar-refractivity contribution in [1.29, 1.82) is 0 Å². The van der Waals surface area contributed by atoms with Gasteiger partial charge in [-0.1, -0.05) is 6.07 Å². The first kappa shape index (κ1) is 20.7. The minimum absolute atomic E-state index is 0.0130. The van der Waals surface area contributed by atoms with Crippen LogP contribution in [0.3, 0.4) is 0 Å². The van der Waals surface area contributed by atoms with Crippen LogP contribution in [0, 0.1) is 0 Å². The van der Waals surface area contributed by atoms with Crippen LogP contribution < -0.4 is 0 Å². The van der Waals surface area contributed by atoms with E-state index in [1.807, 2.05) is 17.7 Å². The molecule has 0 aliphatic carbocycles. The molecule has 4 aromatic rings. The molecule has 0 spiro atoms. The Hall–Kier alpha value is -3.21. The quantitative estimate of drug-likeness (QED) is 0.444. The number of likely N-dealkylation sites (tertiary alicyclic amines) is 1. The van der Waals surface area contributed by atoms with Gasteiger partial charge >= 0.3 is 6.18 Å². The molecule has 0 N–H and O–H groups in total. The first-order chi connectivity index (χ1) is 15.4. The Balaban J connectivity index is 1.56. The van der Waals surface area contributed by atoms with E-state index >= 15 is 0 Å². The highest BCUT2D eigenvalue weighted by Crippen LogP contribution is 2.35. The lowest BCUT2D eigenvalue weighted by Gasteiger charge is -2.24. The molecule has 166 valence electrons. The average Bonchev–Trinajstić information content (AvgIpc) is 3.56. The van der Waals surface area contributed by atoms with Crippen LogP contribution in [0.2, 0.25) is 0 Å². The van der Waals surface area contributed by atoms with Crippen molar-refractivity contribution in [3.05, 3.63) is 59.0 Å². The first-order valence-electron chi connectivity index (χ1n) is 10.2. The van der Waals surface area contributed by atoms with Crippen molar-refractivity contribution in [3.8, 4) is 10.6 Å². The molecule has 1 amide bonds. The molecule has 11 heteroatoms. The summed E-state index contributed by atoms with van der Waals surface area (Å²) < 4.78 is 43.9. The van der Waals surface area contributed by atoms with E-state index in [-0.39, 0.29) is 23.1 Å². The molecule has 1 atom stereocenters. The molecule has 7 nitrogen and oxygen atoms in total. The van der Waals surface area contributed by atoms with Crippen LogP contribution in [0.1, 0.15) is 47.7 Å². The maximum atomic E-state index is 13.8. The standard InChI is InChI=1S/C21H19F3N6OS/c1-2-29-16(7-8-25-29)15-5-3-9-28(15)20(31)14-12-19-26-13(17-6-4-10-32-17)11-18(21(22,23)24)30(19)27-14/h4,6-8,10-12,15H,2-3,5,9H2,1H3. The van der Waals surface area contributed by atoms with E-state index in [0.29, 0.717) is 22.5 Å². The van der Waals surface area contributed by atoms with Crippen LogP contribution in [0.5, 0.6) is 0 Å². The molecule has 1 fully saturated rings. The lowest BCUT2D eigenvalue weighted by Crippen LogP contribution is -2.32. The second-order valence-corrected chi connectivity index (χ2v) is 8.48. The predicted molar refractivity (Wildman–Crippen MR) is 112 cm³/mol. The normalized spacial score (nSPS) is 16.9. The van der Waals surface area contributed by atoms with Gasteiger partial charge in [0.2, 0.25) is 0 Å². The van der Waals surface area contributed by atoms with Gasteiger partial charge in [-0.3, -0.25) is 9.48 Å². The molecule has 0 aromatic carbocycles. The maximum absolute atomic E-state index is 13.8. The van der Waals surface area contributed by atoms with Crippen LogP contribution in [-0.4, -0.2) is 41.7 Å². The van der Waals surface area contributed by atoms with Crippen molar-refractivity contribution in [3.63, 3.8) is 0 Å². The number of nitrogens with zero attached hydrogens (tertiary/aromatic N) is 6. The molecule has 0 radical (unpaired) electrons. The van der Waals surface area contributed by atoms with Gasteiger partial charge in [0, 0.05) is 25.4 Å². The Kier molecular flexibility index (Phi) is 5.00. The molecule has 0 saturated carbocycles. The Morgan fingerprint density at radius 2 is 2.12 bits per heavy atom. The molecule has 4 aromatic heterocycles. The number of halogens is 3. The lowest BCUT2D eigenvalue weighted by atomic mass is 10.1. The van der Waals surface area contributed by atoms with E-state index in [2.05, 4.69) is 15.2 Å². The second kappa shape index (κ2) is 7.73. The second-order valence-electron chi connectivity index (χ2n) is 7.53. The van der Waals surface area contributed by atoms with Gasteiger partial charge in [0.15, 0.2) is 17.0 Å². The fourth-order valence-corrected chi connectivity index (χ4v) is 4.87. The summed E-state index contributed by atoms with van der Waals surface area (Å²) >= 11 is 1.30. The summed E-state index contributed by atoms with van der Waals surface area (Å²) in [5.74, 6) is -0.410. The van der Waals surface area contributed by atoms with Gasteiger partial charge in [0.1, 0.15) is 0 Å². The van der Waals surface area contributed by atoms with Crippen LogP contribution in [-0.2, 0) is 12.7 Å². The van der Waals surface area contributed by atoms with E-state index in [0.717, 1.165) is 24.6 Å². The number of hydrogen-bond donors (Lipinski definition) is 0. The third-order valence-electron chi connectivity index (χ3n) is 5.61. The van der Waals surface area contributed by atoms with Gasteiger partial charge in [-0.2, -0.15) is 23.4 Å². The number of thiophene rings is 1. The fraction of sp³-hybridized carbons (Fsp3) is 0.333. The summed E-state index contributed by atoms with van der Waals surface area (Å²) in [5, 5.41) is 10.1. The Bertz CT molecular complexity index is 1280. The molecule has 1 unspecified atom stereocenters. The fourth-order valence-electron chi connectivity index (χ4n) is 4.19. The van der Waals surface area contributed by atoms with Crippen molar-refractivity contribution in [2.75, 3.05) is 6.54 Å². The summed E-state index contributed by atoms with van der Waals surface area (Å²) in [6, 6.07) is 7.45. The SMILES string of the molecule is CCn1nccc1C1CCCN1C(=O)c1cc2nc(-c3cccs3)cc(C(F)(F)F)n2n1. The molecule has 1 saturated heterocycles. The van der Waals surface area contributed by atoms with E-state index < -0.39 is 17.8 Å².